The molecular formula is C16H23FN2O2. The molecule has 0 heterocycles. The van der Waals surface area contributed by atoms with Gasteiger partial charge < -0.3 is 10.4 Å². The summed E-state index contributed by atoms with van der Waals surface area (Å²) in [5.74, 6) is -0.320. The highest BCUT2D eigenvalue weighted by Gasteiger charge is 2.31. The van der Waals surface area contributed by atoms with Gasteiger partial charge in [0.15, 0.2) is 0 Å². The van der Waals surface area contributed by atoms with Gasteiger partial charge in [0.1, 0.15) is 5.82 Å². The quantitative estimate of drug-likeness (QED) is 0.769. The molecule has 4 nitrogen and oxygen atoms in total. The van der Waals surface area contributed by atoms with Gasteiger partial charge in [0.25, 0.3) is 0 Å². The predicted octanol–water partition coefficient (Wildman–Crippen LogP) is 1.85. The molecule has 1 amide bonds. The molecule has 2 N–H and O–H groups in total. The van der Waals surface area contributed by atoms with Crippen LogP contribution in [0.15, 0.2) is 24.3 Å². The van der Waals surface area contributed by atoms with Crippen molar-refractivity contribution in [1.29, 1.82) is 0 Å². The minimum Gasteiger partial charge on any atom is -0.387 e. The first-order valence-electron chi connectivity index (χ1n) is 7.54. The normalized spacial score (nSPS) is 16.0. The molecule has 0 spiro atoms. The summed E-state index contributed by atoms with van der Waals surface area (Å²) in [5, 5.41) is 13.1. The van der Waals surface area contributed by atoms with Crippen LogP contribution in [-0.4, -0.2) is 41.6 Å². The fourth-order valence-electron chi connectivity index (χ4n) is 2.30. The highest BCUT2D eigenvalue weighted by molar-refractivity contribution is 5.78. The lowest BCUT2D eigenvalue weighted by Gasteiger charge is -2.24. The molecule has 0 radical (unpaired) electrons. The summed E-state index contributed by atoms with van der Waals surface area (Å²) < 4.78 is 12.9. The molecule has 0 saturated heterocycles. The van der Waals surface area contributed by atoms with Crippen molar-refractivity contribution in [2.45, 2.75) is 38.3 Å². The van der Waals surface area contributed by atoms with Crippen LogP contribution >= 0.6 is 0 Å². The summed E-state index contributed by atoms with van der Waals surface area (Å²) >= 11 is 0. The molecule has 1 aliphatic rings. The SMILES string of the molecule is CCCNC(=O)CN(CC(O)c1ccc(F)cc1)C1CC1. The van der Waals surface area contributed by atoms with Crippen molar-refractivity contribution < 1.29 is 14.3 Å². The highest BCUT2D eigenvalue weighted by atomic mass is 19.1. The van der Waals surface area contributed by atoms with Crippen LogP contribution in [0.5, 0.6) is 0 Å². The molecular weight excluding hydrogens is 271 g/mol. The van der Waals surface area contributed by atoms with Crippen molar-refractivity contribution in [2.24, 2.45) is 0 Å². The van der Waals surface area contributed by atoms with Crippen molar-refractivity contribution in [1.82, 2.24) is 10.2 Å². The van der Waals surface area contributed by atoms with Gasteiger partial charge in [0.2, 0.25) is 5.91 Å². The summed E-state index contributed by atoms with van der Waals surface area (Å²) in [6.45, 7) is 3.40. The Balaban J connectivity index is 1.90. The van der Waals surface area contributed by atoms with Crippen LogP contribution in [0, 0.1) is 5.82 Å². The van der Waals surface area contributed by atoms with Crippen LogP contribution in [0.3, 0.4) is 0 Å². The molecule has 1 aromatic rings. The van der Waals surface area contributed by atoms with E-state index in [-0.39, 0.29) is 11.7 Å². The molecule has 2 rings (SSSR count). The van der Waals surface area contributed by atoms with Crippen molar-refractivity contribution in [3.63, 3.8) is 0 Å². The van der Waals surface area contributed by atoms with Gasteiger partial charge in [0.05, 0.1) is 12.6 Å². The smallest absolute Gasteiger partial charge is 0.234 e. The Kier molecular flexibility index (Phi) is 5.70. The van der Waals surface area contributed by atoms with E-state index in [1.165, 1.54) is 12.1 Å². The molecule has 0 aliphatic heterocycles. The molecule has 0 bridgehead atoms. The second-order valence-electron chi connectivity index (χ2n) is 5.58. The molecule has 1 aliphatic carbocycles. The van der Waals surface area contributed by atoms with Crippen LogP contribution in [0.25, 0.3) is 0 Å². The van der Waals surface area contributed by atoms with Gasteiger partial charge in [-0.1, -0.05) is 19.1 Å². The Morgan fingerprint density at radius 2 is 2.10 bits per heavy atom. The summed E-state index contributed by atoms with van der Waals surface area (Å²) in [6, 6.07) is 6.24. The molecule has 116 valence electrons. The third-order valence-corrected chi connectivity index (χ3v) is 3.64. The number of halogens is 1. The van der Waals surface area contributed by atoms with Crippen molar-refractivity contribution in [2.75, 3.05) is 19.6 Å². The zero-order chi connectivity index (χ0) is 15.2. The number of aliphatic hydroxyl groups excluding tert-OH is 1. The number of amides is 1. The fraction of sp³-hybridized carbons (Fsp3) is 0.562. The maximum atomic E-state index is 12.9. The van der Waals surface area contributed by atoms with E-state index in [9.17, 15) is 14.3 Å². The van der Waals surface area contributed by atoms with E-state index in [4.69, 9.17) is 0 Å². The van der Waals surface area contributed by atoms with Gasteiger partial charge in [-0.2, -0.15) is 0 Å². The molecule has 1 aromatic carbocycles. The maximum absolute atomic E-state index is 12.9. The van der Waals surface area contributed by atoms with Gasteiger partial charge in [-0.25, -0.2) is 4.39 Å². The van der Waals surface area contributed by atoms with Crippen LogP contribution in [0.2, 0.25) is 0 Å². The summed E-state index contributed by atoms with van der Waals surface area (Å²) in [4.78, 5) is 13.8. The topological polar surface area (TPSA) is 52.6 Å². The van der Waals surface area contributed by atoms with Crippen molar-refractivity contribution in [3.05, 3.63) is 35.6 Å². The Labute approximate surface area is 125 Å². The molecule has 1 unspecified atom stereocenters. The minimum atomic E-state index is -0.704. The number of carbonyl (C=O) groups excluding carboxylic acids is 1. The van der Waals surface area contributed by atoms with E-state index in [0.29, 0.717) is 31.2 Å². The van der Waals surface area contributed by atoms with E-state index >= 15 is 0 Å². The number of aliphatic hydroxyl groups is 1. The molecule has 1 saturated carbocycles. The molecule has 0 aromatic heterocycles. The zero-order valence-electron chi connectivity index (χ0n) is 12.4. The summed E-state index contributed by atoms with van der Waals surface area (Å²) in [7, 11) is 0. The first-order valence-corrected chi connectivity index (χ1v) is 7.54. The molecule has 21 heavy (non-hydrogen) atoms. The van der Waals surface area contributed by atoms with Crippen LogP contribution in [0.1, 0.15) is 37.9 Å². The van der Waals surface area contributed by atoms with E-state index in [2.05, 4.69) is 5.32 Å². The van der Waals surface area contributed by atoms with E-state index in [0.717, 1.165) is 19.3 Å². The van der Waals surface area contributed by atoms with E-state index in [1.54, 1.807) is 12.1 Å². The van der Waals surface area contributed by atoms with Crippen LogP contribution in [0.4, 0.5) is 4.39 Å². The number of hydrogen-bond donors (Lipinski definition) is 2. The Morgan fingerprint density at radius 1 is 1.43 bits per heavy atom. The molecule has 1 atom stereocenters. The van der Waals surface area contributed by atoms with Gasteiger partial charge in [-0.05, 0) is 37.0 Å². The predicted molar refractivity (Wildman–Crippen MR) is 79.3 cm³/mol. The second-order valence-corrected chi connectivity index (χ2v) is 5.58. The maximum Gasteiger partial charge on any atom is 0.234 e. The summed E-state index contributed by atoms with van der Waals surface area (Å²) in [5.41, 5.74) is 0.677. The number of nitrogens with one attached hydrogen (secondary N) is 1. The lowest BCUT2D eigenvalue weighted by Crippen LogP contribution is -2.40. The lowest BCUT2D eigenvalue weighted by molar-refractivity contribution is -0.122. The number of hydrogen-bond acceptors (Lipinski definition) is 3. The third-order valence-electron chi connectivity index (χ3n) is 3.64. The number of carbonyl (C=O) groups is 1. The van der Waals surface area contributed by atoms with Crippen LogP contribution < -0.4 is 5.32 Å². The van der Waals surface area contributed by atoms with Crippen molar-refractivity contribution in [3.8, 4) is 0 Å². The Morgan fingerprint density at radius 3 is 2.67 bits per heavy atom. The number of nitrogens with zero attached hydrogens (tertiary/aromatic N) is 1. The number of rotatable bonds is 8. The molecule has 1 fully saturated rings. The lowest BCUT2D eigenvalue weighted by atomic mass is 10.1. The van der Waals surface area contributed by atoms with Crippen molar-refractivity contribution >= 4 is 5.91 Å². The summed E-state index contributed by atoms with van der Waals surface area (Å²) in [6.07, 6.45) is 2.34. The highest BCUT2D eigenvalue weighted by Crippen LogP contribution is 2.28. The monoisotopic (exact) mass is 294 g/mol. The fourth-order valence-corrected chi connectivity index (χ4v) is 2.30. The Bertz CT molecular complexity index is 460. The largest absolute Gasteiger partial charge is 0.387 e. The average molecular weight is 294 g/mol. The standard InChI is InChI=1S/C16H23FN2O2/c1-2-9-18-16(21)11-19(14-7-8-14)10-15(20)12-3-5-13(17)6-4-12/h3-6,14-15,20H,2,7-11H2,1H3,(H,18,21). The van der Waals surface area contributed by atoms with E-state index < -0.39 is 6.10 Å². The van der Waals surface area contributed by atoms with Crippen LogP contribution in [-0.2, 0) is 4.79 Å². The first kappa shape index (κ1) is 15.9. The van der Waals surface area contributed by atoms with Gasteiger partial charge in [-0.15, -0.1) is 0 Å². The van der Waals surface area contributed by atoms with Gasteiger partial charge >= 0.3 is 0 Å². The van der Waals surface area contributed by atoms with Gasteiger partial charge in [-0.3, -0.25) is 9.69 Å². The third kappa shape index (κ3) is 5.10. The van der Waals surface area contributed by atoms with Gasteiger partial charge in [0, 0.05) is 19.1 Å². The zero-order valence-corrected chi connectivity index (χ0v) is 12.4. The minimum absolute atomic E-state index is 0.00458. The molecule has 5 heteroatoms. The van der Waals surface area contributed by atoms with E-state index in [1.807, 2.05) is 11.8 Å². The Hall–Kier alpha value is -1.46. The first-order chi connectivity index (χ1) is 10.1. The second kappa shape index (κ2) is 7.52. The number of benzene rings is 1. The average Bonchev–Trinajstić information content (AvgIpc) is 3.29.